The molecule has 0 fully saturated rings. The number of anilines is 1. The zero-order chi connectivity index (χ0) is 23.3. The van der Waals surface area contributed by atoms with Gasteiger partial charge in [0.05, 0.1) is 15.5 Å². The van der Waals surface area contributed by atoms with E-state index in [9.17, 15) is 28.1 Å². The molecule has 0 spiro atoms. The summed E-state index contributed by atoms with van der Waals surface area (Å²) in [6.45, 7) is 0. The average Bonchev–Trinajstić information content (AvgIpc) is 2.82. The maximum atomic E-state index is 12.8. The van der Waals surface area contributed by atoms with E-state index in [2.05, 4.69) is 10.9 Å². The maximum absolute atomic E-state index is 12.8. The molecular formula is C21H18N4O6S. The Bertz CT molecular complexity index is 1260. The van der Waals surface area contributed by atoms with Gasteiger partial charge in [-0.25, -0.2) is 8.42 Å². The number of nitro groups is 1. The van der Waals surface area contributed by atoms with Gasteiger partial charge in [0.25, 0.3) is 27.5 Å². The predicted molar refractivity (Wildman–Crippen MR) is 117 cm³/mol. The smallest absolute Gasteiger partial charge is 0.269 e. The number of sulfonamides is 1. The molecule has 11 heteroatoms. The van der Waals surface area contributed by atoms with Gasteiger partial charge in [0.1, 0.15) is 0 Å². The topological polar surface area (TPSA) is 139 Å². The lowest BCUT2D eigenvalue weighted by molar-refractivity contribution is -0.384. The van der Waals surface area contributed by atoms with E-state index in [1.54, 1.807) is 30.3 Å². The molecule has 0 aliphatic heterocycles. The lowest BCUT2D eigenvalue weighted by atomic mass is 10.2. The van der Waals surface area contributed by atoms with Crippen LogP contribution >= 0.6 is 0 Å². The molecule has 2 N–H and O–H groups in total. The number of hydrogen-bond acceptors (Lipinski definition) is 6. The highest BCUT2D eigenvalue weighted by Crippen LogP contribution is 2.22. The number of rotatable bonds is 6. The molecule has 0 saturated carbocycles. The number of para-hydroxylation sites is 1. The second-order valence-corrected chi connectivity index (χ2v) is 8.52. The van der Waals surface area contributed by atoms with Gasteiger partial charge in [-0.3, -0.25) is 34.9 Å². The van der Waals surface area contributed by atoms with Crippen molar-refractivity contribution in [2.75, 3.05) is 11.4 Å². The summed E-state index contributed by atoms with van der Waals surface area (Å²) in [6, 6.07) is 18.7. The van der Waals surface area contributed by atoms with Crippen molar-refractivity contribution in [1.29, 1.82) is 0 Å². The largest absolute Gasteiger partial charge is 0.270 e. The third-order valence-corrected chi connectivity index (χ3v) is 6.30. The van der Waals surface area contributed by atoms with Crippen LogP contribution in [0.1, 0.15) is 20.7 Å². The van der Waals surface area contributed by atoms with Gasteiger partial charge >= 0.3 is 0 Å². The Balaban J connectivity index is 1.67. The first-order valence-electron chi connectivity index (χ1n) is 9.19. The molecule has 0 atom stereocenters. The molecule has 2 amide bonds. The van der Waals surface area contributed by atoms with Crippen molar-refractivity contribution in [3.05, 3.63) is 100 Å². The monoisotopic (exact) mass is 454 g/mol. The molecule has 10 nitrogen and oxygen atoms in total. The van der Waals surface area contributed by atoms with Gasteiger partial charge in [-0.05, 0) is 42.5 Å². The van der Waals surface area contributed by atoms with Crippen LogP contribution in [0.3, 0.4) is 0 Å². The standard InChI is InChI=1S/C21H18N4O6S/c1-24(17-7-3-2-4-8-17)32(30,31)19-12-10-15(11-13-19)20(26)22-23-21(27)16-6-5-9-18(14-16)25(28)29/h2-14H,1H3,(H,22,26)(H,23,27). The van der Waals surface area contributed by atoms with Gasteiger partial charge in [-0.15, -0.1) is 0 Å². The summed E-state index contributed by atoms with van der Waals surface area (Å²) in [5.41, 5.74) is 4.66. The quantitative estimate of drug-likeness (QED) is 0.433. The Labute approximate surface area is 183 Å². The van der Waals surface area contributed by atoms with E-state index < -0.39 is 26.8 Å². The number of nitrogens with zero attached hydrogens (tertiary/aromatic N) is 2. The number of nitrogens with one attached hydrogen (secondary N) is 2. The predicted octanol–water partition coefficient (Wildman–Crippen LogP) is 2.49. The highest BCUT2D eigenvalue weighted by atomic mass is 32.2. The molecule has 0 bridgehead atoms. The normalized spacial score (nSPS) is 10.8. The molecule has 3 aromatic rings. The van der Waals surface area contributed by atoms with Crippen LogP contribution in [0.5, 0.6) is 0 Å². The Hall–Kier alpha value is -4.25. The fraction of sp³-hybridized carbons (Fsp3) is 0.0476. The Kier molecular flexibility index (Phi) is 6.50. The van der Waals surface area contributed by atoms with Crippen LogP contribution in [0.25, 0.3) is 0 Å². The molecule has 0 heterocycles. The second kappa shape index (κ2) is 9.27. The molecule has 0 aliphatic carbocycles. The summed E-state index contributed by atoms with van der Waals surface area (Å²) in [7, 11) is -2.41. The van der Waals surface area contributed by atoms with Crippen molar-refractivity contribution in [2.24, 2.45) is 0 Å². The van der Waals surface area contributed by atoms with Crippen molar-refractivity contribution in [3.63, 3.8) is 0 Å². The zero-order valence-corrected chi connectivity index (χ0v) is 17.6. The number of nitro benzene ring substituents is 1. The van der Waals surface area contributed by atoms with Gasteiger partial charge < -0.3 is 0 Å². The second-order valence-electron chi connectivity index (χ2n) is 6.55. The first-order chi connectivity index (χ1) is 15.2. The number of amides is 2. The first-order valence-corrected chi connectivity index (χ1v) is 10.6. The molecule has 3 aromatic carbocycles. The fourth-order valence-corrected chi connectivity index (χ4v) is 3.93. The Morgan fingerprint density at radius 2 is 1.44 bits per heavy atom. The van der Waals surface area contributed by atoms with Gasteiger partial charge in [-0.1, -0.05) is 24.3 Å². The molecule has 0 radical (unpaired) electrons. The van der Waals surface area contributed by atoms with Crippen molar-refractivity contribution >= 4 is 33.2 Å². The van der Waals surface area contributed by atoms with Gasteiger partial charge in [0.15, 0.2) is 0 Å². The lowest BCUT2D eigenvalue weighted by Crippen LogP contribution is -2.41. The molecule has 0 aromatic heterocycles. The van der Waals surface area contributed by atoms with Gasteiger partial charge in [0, 0.05) is 30.3 Å². The number of carbonyl (C=O) groups is 2. The van der Waals surface area contributed by atoms with Crippen LogP contribution in [-0.2, 0) is 10.0 Å². The number of hydrazine groups is 1. The summed E-state index contributed by atoms with van der Waals surface area (Å²) >= 11 is 0. The van der Waals surface area contributed by atoms with Crippen LogP contribution in [-0.4, -0.2) is 32.2 Å². The maximum Gasteiger partial charge on any atom is 0.270 e. The minimum absolute atomic E-state index is 0.00936. The van der Waals surface area contributed by atoms with E-state index in [4.69, 9.17) is 0 Å². The number of carbonyl (C=O) groups excluding carboxylic acids is 2. The molecular weight excluding hydrogens is 436 g/mol. The van der Waals surface area contributed by atoms with Crippen molar-refractivity contribution in [1.82, 2.24) is 10.9 Å². The van der Waals surface area contributed by atoms with Crippen LogP contribution in [0.4, 0.5) is 11.4 Å². The summed E-state index contributed by atoms with van der Waals surface area (Å²) in [4.78, 5) is 34.5. The minimum atomic E-state index is -3.83. The summed E-state index contributed by atoms with van der Waals surface area (Å²) in [5, 5.41) is 10.8. The third-order valence-electron chi connectivity index (χ3n) is 4.50. The van der Waals surface area contributed by atoms with E-state index in [1.165, 1.54) is 49.5 Å². The highest BCUT2D eigenvalue weighted by molar-refractivity contribution is 7.92. The van der Waals surface area contributed by atoms with E-state index >= 15 is 0 Å². The van der Waals surface area contributed by atoms with E-state index in [0.717, 1.165) is 10.4 Å². The third kappa shape index (κ3) is 4.90. The van der Waals surface area contributed by atoms with E-state index in [0.29, 0.717) is 5.69 Å². The van der Waals surface area contributed by atoms with Crippen LogP contribution in [0.2, 0.25) is 0 Å². The fourth-order valence-electron chi connectivity index (χ4n) is 2.73. The van der Waals surface area contributed by atoms with Crippen LogP contribution in [0, 0.1) is 10.1 Å². The van der Waals surface area contributed by atoms with Gasteiger partial charge in [0.2, 0.25) is 0 Å². The van der Waals surface area contributed by atoms with Crippen molar-refractivity contribution < 1.29 is 22.9 Å². The Morgan fingerprint density at radius 3 is 2.03 bits per heavy atom. The van der Waals surface area contributed by atoms with Crippen molar-refractivity contribution in [3.8, 4) is 0 Å². The SMILES string of the molecule is CN(c1ccccc1)S(=O)(=O)c1ccc(C(=O)NNC(=O)c2cccc([N+](=O)[O-])c2)cc1. The van der Waals surface area contributed by atoms with Gasteiger partial charge in [-0.2, -0.15) is 0 Å². The number of hydrogen-bond donors (Lipinski definition) is 2. The van der Waals surface area contributed by atoms with E-state index in [-0.39, 0.29) is 21.7 Å². The lowest BCUT2D eigenvalue weighted by Gasteiger charge is -2.19. The van der Waals surface area contributed by atoms with Crippen molar-refractivity contribution in [2.45, 2.75) is 4.90 Å². The Morgan fingerprint density at radius 1 is 0.844 bits per heavy atom. The zero-order valence-electron chi connectivity index (χ0n) is 16.8. The molecule has 32 heavy (non-hydrogen) atoms. The molecule has 164 valence electrons. The summed E-state index contributed by atoms with van der Waals surface area (Å²) < 4.78 is 26.7. The first kappa shape index (κ1) is 22.4. The highest BCUT2D eigenvalue weighted by Gasteiger charge is 2.21. The number of non-ortho nitro benzene ring substituents is 1. The molecule has 3 rings (SSSR count). The van der Waals surface area contributed by atoms with Crippen LogP contribution in [0.15, 0.2) is 83.8 Å². The molecule has 0 aliphatic rings. The van der Waals surface area contributed by atoms with E-state index in [1.807, 2.05) is 0 Å². The summed E-state index contributed by atoms with van der Waals surface area (Å²) in [5.74, 6) is -1.44. The number of benzene rings is 3. The summed E-state index contributed by atoms with van der Waals surface area (Å²) in [6.07, 6.45) is 0. The van der Waals surface area contributed by atoms with Crippen LogP contribution < -0.4 is 15.2 Å². The average molecular weight is 454 g/mol. The molecule has 0 saturated heterocycles. The minimum Gasteiger partial charge on any atom is -0.269 e. The molecule has 0 unspecified atom stereocenters.